The number of hydrogen-bond donors (Lipinski definition) is 0. The van der Waals surface area contributed by atoms with Crippen LogP contribution in [0.3, 0.4) is 0 Å². The Morgan fingerprint density at radius 3 is 2.19 bits per heavy atom. The van der Waals surface area contributed by atoms with Crippen LogP contribution in [0.25, 0.3) is 0 Å². The minimum absolute atomic E-state index is 0.0702. The molecular formula is C37H51Br2ClN4O3. The van der Waals surface area contributed by atoms with Crippen LogP contribution in [-0.4, -0.2) is 83.1 Å². The summed E-state index contributed by atoms with van der Waals surface area (Å²) in [7, 11) is 0. The van der Waals surface area contributed by atoms with E-state index in [4.69, 9.17) is 21.3 Å². The second-order valence-electron chi connectivity index (χ2n) is 14.6. The number of piperidine rings is 3. The normalized spacial score (nSPS) is 22.8. The molecule has 1 unspecified atom stereocenters. The van der Waals surface area contributed by atoms with Crippen molar-refractivity contribution in [3.63, 3.8) is 0 Å². The Hall–Kier alpha value is -1.68. The van der Waals surface area contributed by atoms with Gasteiger partial charge in [0.2, 0.25) is 5.91 Å². The van der Waals surface area contributed by atoms with Crippen LogP contribution in [0.15, 0.2) is 45.5 Å². The summed E-state index contributed by atoms with van der Waals surface area (Å²) in [5.74, 6) is 1.97. The smallest absolute Gasteiger partial charge is 0.410 e. The molecule has 5 rings (SSSR count). The fraction of sp³-hybridized carbons (Fsp3) is 0.649. The first-order chi connectivity index (χ1) is 22.5. The molecule has 0 bridgehead atoms. The van der Waals surface area contributed by atoms with Crippen LogP contribution in [0.4, 0.5) is 4.79 Å². The van der Waals surface area contributed by atoms with Crippen molar-refractivity contribution in [3.05, 3.63) is 56.7 Å². The van der Waals surface area contributed by atoms with E-state index in [1.807, 2.05) is 39.1 Å². The second-order valence-corrected chi connectivity index (χ2v) is 16.5. The molecule has 0 N–H and O–H groups in total. The molecule has 0 radical (unpaired) electrons. The lowest BCUT2D eigenvalue weighted by atomic mass is 9.78. The standard InChI is InChI=1S/C37H51Br2ClN4O3/c1-5-26-6-7-29-30(8-9-31(40)33(29)39)35(34(26)41-17-16-38)43-22-14-28(15-23-43)27-12-20-42(21-13-27)32(45)24-25-10-18-44(19-11-25)36(46)47-37(2,3)4/h5,8-9,17,25,27-28,35H,1,6-7,10-16,18-24H2,2-4H3. The number of nitrogens with zero attached hydrogens (tertiary/aromatic N) is 4. The summed E-state index contributed by atoms with van der Waals surface area (Å²) in [6.07, 6.45) is 12.3. The minimum Gasteiger partial charge on any atom is -0.444 e. The first kappa shape index (κ1) is 36.6. The van der Waals surface area contributed by atoms with Crippen LogP contribution in [0.1, 0.15) is 89.3 Å². The topological polar surface area (TPSA) is 65.5 Å². The third kappa shape index (κ3) is 9.11. The lowest BCUT2D eigenvalue weighted by Gasteiger charge is -2.43. The monoisotopic (exact) mass is 792 g/mol. The van der Waals surface area contributed by atoms with E-state index >= 15 is 0 Å². The molecule has 2 amide bonds. The number of fused-ring (bicyclic) bond motifs is 1. The predicted molar refractivity (Wildman–Crippen MR) is 198 cm³/mol. The molecule has 0 spiro atoms. The van der Waals surface area contributed by atoms with Gasteiger partial charge in [-0.15, -0.1) is 0 Å². The molecule has 4 aliphatic rings. The lowest BCUT2D eigenvalue weighted by molar-refractivity contribution is -0.134. The van der Waals surface area contributed by atoms with E-state index in [1.54, 1.807) is 4.90 Å². The molecular weight excluding hydrogens is 744 g/mol. The number of benzene rings is 1. The molecule has 47 heavy (non-hydrogen) atoms. The maximum Gasteiger partial charge on any atom is 0.410 e. The third-order valence-corrected chi connectivity index (χ3v) is 12.3. The Bertz CT molecular complexity index is 1350. The molecule has 3 heterocycles. The van der Waals surface area contributed by atoms with Crippen LogP contribution in [-0.2, 0) is 16.0 Å². The first-order valence-electron chi connectivity index (χ1n) is 17.4. The number of halogens is 3. The summed E-state index contributed by atoms with van der Waals surface area (Å²) in [5.41, 5.74) is 4.39. The first-order valence-corrected chi connectivity index (χ1v) is 19.7. The molecule has 1 atom stereocenters. The van der Waals surface area contributed by atoms with Crippen LogP contribution in [0.2, 0.25) is 5.02 Å². The van der Waals surface area contributed by atoms with Gasteiger partial charge in [-0.1, -0.05) is 46.3 Å². The fourth-order valence-corrected chi connectivity index (χ4v) is 8.86. The number of likely N-dealkylation sites (tertiary alicyclic amines) is 3. The maximum atomic E-state index is 13.3. The molecule has 10 heteroatoms. The van der Waals surface area contributed by atoms with E-state index in [2.05, 4.69) is 54.3 Å². The summed E-state index contributed by atoms with van der Waals surface area (Å²) in [4.78, 5) is 37.2. The van der Waals surface area contributed by atoms with Crippen LogP contribution >= 0.6 is 43.5 Å². The number of carbonyl (C=O) groups excluding carboxylic acids is 2. The van der Waals surface area contributed by atoms with Crippen molar-refractivity contribution in [1.82, 2.24) is 14.7 Å². The van der Waals surface area contributed by atoms with Gasteiger partial charge in [0.25, 0.3) is 0 Å². The van der Waals surface area contributed by atoms with E-state index in [1.165, 1.54) is 16.7 Å². The number of rotatable bonds is 7. The van der Waals surface area contributed by atoms with E-state index in [0.29, 0.717) is 42.6 Å². The molecule has 1 aromatic carbocycles. The van der Waals surface area contributed by atoms with E-state index < -0.39 is 5.60 Å². The zero-order chi connectivity index (χ0) is 33.7. The second kappa shape index (κ2) is 16.4. The van der Waals surface area contributed by atoms with Crippen molar-refractivity contribution in [2.24, 2.45) is 22.7 Å². The van der Waals surface area contributed by atoms with Gasteiger partial charge in [-0.3, -0.25) is 14.7 Å². The van der Waals surface area contributed by atoms with Gasteiger partial charge in [-0.05, 0) is 142 Å². The number of ether oxygens (including phenoxy) is 1. The van der Waals surface area contributed by atoms with Gasteiger partial charge >= 0.3 is 6.09 Å². The summed E-state index contributed by atoms with van der Waals surface area (Å²) < 4.78 is 6.53. The number of allylic oxidation sites excluding steroid dienone is 2. The Morgan fingerprint density at radius 2 is 1.60 bits per heavy atom. The van der Waals surface area contributed by atoms with Crippen molar-refractivity contribution in [2.75, 3.05) is 44.6 Å². The van der Waals surface area contributed by atoms with Gasteiger partial charge in [-0.2, -0.15) is 0 Å². The largest absolute Gasteiger partial charge is 0.444 e. The molecule has 3 saturated heterocycles. The summed E-state index contributed by atoms with van der Waals surface area (Å²) in [5, 5.41) is 1.46. The maximum absolute atomic E-state index is 13.3. The van der Waals surface area contributed by atoms with Crippen molar-refractivity contribution in [2.45, 2.75) is 90.2 Å². The highest BCUT2D eigenvalue weighted by atomic mass is 79.9. The van der Waals surface area contributed by atoms with E-state index in [0.717, 1.165) is 92.7 Å². The molecule has 3 fully saturated rings. The highest BCUT2D eigenvalue weighted by molar-refractivity contribution is 9.10. The Balaban J connectivity index is 1.14. The number of aliphatic imine (C=N–C) groups is 1. The molecule has 3 aliphatic heterocycles. The minimum atomic E-state index is -0.487. The number of alkyl halides is 1. The van der Waals surface area contributed by atoms with Crippen LogP contribution < -0.4 is 0 Å². The van der Waals surface area contributed by atoms with Gasteiger partial charge in [0, 0.05) is 48.6 Å². The third-order valence-electron chi connectivity index (χ3n) is 10.5. The molecule has 0 saturated carbocycles. The Labute approximate surface area is 303 Å². The van der Waals surface area contributed by atoms with Crippen molar-refractivity contribution in [3.8, 4) is 0 Å². The number of carbonyl (C=O) groups is 2. The zero-order valence-corrected chi connectivity index (χ0v) is 32.2. The lowest BCUT2D eigenvalue weighted by Crippen LogP contribution is -2.45. The highest BCUT2D eigenvalue weighted by Crippen LogP contribution is 2.45. The zero-order valence-electron chi connectivity index (χ0n) is 28.3. The van der Waals surface area contributed by atoms with Crippen molar-refractivity contribution in [1.29, 1.82) is 0 Å². The SMILES string of the molecule is C=CC1=C(N=CCBr)C(N2CCC(C3CCN(C(=O)CC4CCN(C(=O)OC(C)(C)C)CC4)CC3)CC2)c2ccc(Cl)c(Br)c2CC1. The molecule has 1 aliphatic carbocycles. The summed E-state index contributed by atoms with van der Waals surface area (Å²) >= 11 is 13.9. The molecule has 0 aromatic heterocycles. The van der Waals surface area contributed by atoms with Crippen LogP contribution in [0, 0.1) is 17.8 Å². The summed E-state index contributed by atoms with van der Waals surface area (Å²) in [6, 6.07) is 4.28. The predicted octanol–water partition coefficient (Wildman–Crippen LogP) is 8.98. The number of amides is 2. The molecule has 1 aromatic rings. The van der Waals surface area contributed by atoms with Crippen LogP contribution in [0.5, 0.6) is 0 Å². The van der Waals surface area contributed by atoms with Crippen molar-refractivity contribution < 1.29 is 14.3 Å². The quantitative estimate of drug-likeness (QED) is 0.204. The van der Waals surface area contributed by atoms with Gasteiger partial charge in [0.15, 0.2) is 0 Å². The van der Waals surface area contributed by atoms with E-state index in [9.17, 15) is 9.59 Å². The molecule has 258 valence electrons. The number of hydrogen-bond acceptors (Lipinski definition) is 5. The Kier molecular flexibility index (Phi) is 12.7. The Morgan fingerprint density at radius 1 is 0.979 bits per heavy atom. The van der Waals surface area contributed by atoms with Gasteiger partial charge in [0.05, 0.1) is 16.8 Å². The average Bonchev–Trinajstić information content (AvgIpc) is 3.22. The van der Waals surface area contributed by atoms with E-state index in [-0.39, 0.29) is 18.0 Å². The van der Waals surface area contributed by atoms with Crippen molar-refractivity contribution >= 4 is 61.7 Å². The average molecular weight is 795 g/mol. The van der Waals surface area contributed by atoms with Gasteiger partial charge < -0.3 is 14.5 Å². The summed E-state index contributed by atoms with van der Waals surface area (Å²) in [6.45, 7) is 14.9. The van der Waals surface area contributed by atoms with Gasteiger partial charge in [0.1, 0.15) is 5.60 Å². The van der Waals surface area contributed by atoms with Gasteiger partial charge in [-0.25, -0.2) is 4.79 Å². The molecule has 7 nitrogen and oxygen atoms in total. The fourth-order valence-electron chi connectivity index (χ4n) is 7.98. The highest BCUT2D eigenvalue weighted by Gasteiger charge is 2.37.